The second-order valence-corrected chi connectivity index (χ2v) is 8.09. The molecule has 4 nitrogen and oxygen atoms in total. The van der Waals surface area contributed by atoms with Gasteiger partial charge in [0.1, 0.15) is 5.75 Å². The third-order valence-corrected chi connectivity index (χ3v) is 6.02. The van der Waals surface area contributed by atoms with Crippen molar-refractivity contribution in [2.24, 2.45) is 0 Å². The normalized spacial score (nSPS) is 11.9. The summed E-state index contributed by atoms with van der Waals surface area (Å²) < 4.78 is 72.0. The molecule has 3 aromatic carbocycles. The van der Waals surface area contributed by atoms with Crippen molar-refractivity contribution in [2.45, 2.75) is 17.6 Å². The van der Waals surface area contributed by atoms with Gasteiger partial charge in [0, 0.05) is 6.07 Å². The number of para-hydroxylation sites is 1. The zero-order valence-corrected chi connectivity index (χ0v) is 16.2. The molecule has 0 aliphatic rings. The lowest BCUT2D eigenvalue weighted by molar-refractivity contribution is -0.137. The van der Waals surface area contributed by atoms with Crippen molar-refractivity contribution in [2.75, 3.05) is 11.4 Å². The summed E-state index contributed by atoms with van der Waals surface area (Å²) in [6.45, 7) is -0.256. The molecule has 152 valence electrons. The number of nitrogens with zero attached hydrogens (tertiary/aromatic N) is 1. The van der Waals surface area contributed by atoms with E-state index in [1.165, 1.54) is 31.4 Å². The van der Waals surface area contributed by atoms with Crippen LogP contribution in [0.25, 0.3) is 0 Å². The van der Waals surface area contributed by atoms with Crippen molar-refractivity contribution >= 4 is 15.7 Å². The molecule has 0 bridgehead atoms. The average molecular weight is 421 g/mol. The highest BCUT2D eigenvalue weighted by molar-refractivity contribution is 7.92. The van der Waals surface area contributed by atoms with Gasteiger partial charge >= 0.3 is 6.18 Å². The third-order valence-electron chi connectivity index (χ3n) is 4.25. The molecule has 0 amide bonds. The van der Waals surface area contributed by atoms with Crippen LogP contribution in [-0.4, -0.2) is 15.5 Å². The maximum absolute atomic E-state index is 13.3. The van der Waals surface area contributed by atoms with Crippen LogP contribution in [0.5, 0.6) is 5.75 Å². The van der Waals surface area contributed by atoms with Gasteiger partial charge in [-0.05, 0) is 42.0 Å². The maximum Gasteiger partial charge on any atom is 0.416 e. The van der Waals surface area contributed by atoms with E-state index in [1.54, 1.807) is 42.5 Å². The average Bonchev–Trinajstić information content (AvgIpc) is 2.72. The predicted molar refractivity (Wildman–Crippen MR) is 104 cm³/mol. The summed E-state index contributed by atoms with van der Waals surface area (Å²) >= 11 is 0. The van der Waals surface area contributed by atoms with Crippen LogP contribution in [-0.2, 0) is 22.7 Å². The highest BCUT2D eigenvalue weighted by Gasteiger charge is 2.31. The molecule has 0 aliphatic heterocycles. The minimum absolute atomic E-state index is 0.0207. The summed E-state index contributed by atoms with van der Waals surface area (Å²) in [6.07, 6.45) is -4.51. The standard InChI is InChI=1S/C21H18F3NO3S/c1-28-19-11-6-12-20(14-19)29(26,27)25(18-9-3-2-4-10-18)15-16-7-5-8-17(13-16)21(22,23)24/h2-14H,15H2,1H3. The van der Waals surface area contributed by atoms with Crippen LogP contribution in [0.2, 0.25) is 0 Å². The summed E-state index contributed by atoms with van der Waals surface area (Å²) in [7, 11) is -2.64. The Kier molecular flexibility index (Phi) is 5.83. The molecule has 0 spiro atoms. The first-order valence-electron chi connectivity index (χ1n) is 8.60. The van der Waals surface area contributed by atoms with E-state index in [-0.39, 0.29) is 17.0 Å². The first kappa shape index (κ1) is 20.7. The Balaban J connectivity index is 2.07. The van der Waals surface area contributed by atoms with E-state index in [0.717, 1.165) is 16.4 Å². The number of halogens is 3. The van der Waals surface area contributed by atoms with Crippen molar-refractivity contribution in [1.82, 2.24) is 0 Å². The predicted octanol–water partition coefficient (Wildman–Crippen LogP) is 5.11. The third kappa shape index (κ3) is 4.71. The van der Waals surface area contributed by atoms with Gasteiger partial charge in [0.15, 0.2) is 0 Å². The Hall–Kier alpha value is -3.00. The van der Waals surface area contributed by atoms with Gasteiger partial charge in [0.2, 0.25) is 0 Å². The number of rotatable bonds is 6. The Morgan fingerprint density at radius 3 is 2.24 bits per heavy atom. The first-order valence-corrected chi connectivity index (χ1v) is 10.0. The highest BCUT2D eigenvalue weighted by Crippen LogP contribution is 2.31. The van der Waals surface area contributed by atoms with Gasteiger partial charge in [-0.25, -0.2) is 8.42 Å². The zero-order valence-electron chi connectivity index (χ0n) is 15.4. The largest absolute Gasteiger partial charge is 0.497 e. The van der Waals surface area contributed by atoms with Crippen molar-refractivity contribution < 1.29 is 26.3 Å². The quantitative estimate of drug-likeness (QED) is 0.556. The number of alkyl halides is 3. The first-order chi connectivity index (χ1) is 13.7. The second kappa shape index (κ2) is 8.16. The summed E-state index contributed by atoms with van der Waals surface area (Å²) in [6, 6.07) is 18.8. The number of benzene rings is 3. The molecular weight excluding hydrogens is 403 g/mol. The fourth-order valence-corrected chi connectivity index (χ4v) is 4.30. The summed E-state index contributed by atoms with van der Waals surface area (Å²) in [5, 5.41) is 0. The molecular formula is C21H18F3NO3S. The number of sulfonamides is 1. The molecule has 0 fully saturated rings. The van der Waals surface area contributed by atoms with E-state index in [0.29, 0.717) is 11.4 Å². The molecule has 0 heterocycles. The monoisotopic (exact) mass is 421 g/mol. The molecule has 0 aromatic heterocycles. The van der Waals surface area contributed by atoms with E-state index >= 15 is 0 Å². The Labute approximate surface area is 167 Å². The second-order valence-electron chi connectivity index (χ2n) is 6.22. The van der Waals surface area contributed by atoms with Crippen LogP contribution >= 0.6 is 0 Å². The summed E-state index contributed by atoms with van der Waals surface area (Å²) in [5.41, 5.74) is -0.273. The van der Waals surface area contributed by atoms with Crippen molar-refractivity contribution in [1.29, 1.82) is 0 Å². The Bertz CT molecular complexity index is 1080. The zero-order chi connectivity index (χ0) is 21.1. The van der Waals surface area contributed by atoms with Gasteiger partial charge in [-0.3, -0.25) is 4.31 Å². The van der Waals surface area contributed by atoms with Gasteiger partial charge < -0.3 is 4.74 Å². The van der Waals surface area contributed by atoms with Crippen molar-refractivity contribution in [3.05, 3.63) is 90.0 Å². The summed E-state index contributed by atoms with van der Waals surface area (Å²) in [4.78, 5) is -0.0207. The minimum atomic E-state index is -4.51. The SMILES string of the molecule is COc1cccc(S(=O)(=O)N(Cc2cccc(C(F)(F)F)c2)c2ccccc2)c1. The summed E-state index contributed by atoms with van der Waals surface area (Å²) in [5.74, 6) is 0.359. The Morgan fingerprint density at radius 1 is 0.897 bits per heavy atom. The molecule has 0 saturated carbocycles. The number of ether oxygens (including phenoxy) is 1. The Morgan fingerprint density at radius 2 is 1.59 bits per heavy atom. The highest BCUT2D eigenvalue weighted by atomic mass is 32.2. The number of hydrogen-bond donors (Lipinski definition) is 0. The van der Waals surface area contributed by atoms with Crippen LogP contribution in [0.3, 0.4) is 0 Å². The molecule has 0 saturated heterocycles. The van der Waals surface area contributed by atoms with Crippen LogP contribution < -0.4 is 9.04 Å². The van der Waals surface area contributed by atoms with Gasteiger partial charge in [-0.1, -0.05) is 36.4 Å². The maximum atomic E-state index is 13.3. The molecule has 3 rings (SSSR count). The molecule has 0 atom stereocenters. The fourth-order valence-electron chi connectivity index (χ4n) is 2.81. The lowest BCUT2D eigenvalue weighted by Crippen LogP contribution is -2.30. The van der Waals surface area contributed by atoms with Crippen LogP contribution in [0.15, 0.2) is 83.8 Å². The molecule has 0 aliphatic carbocycles. The van der Waals surface area contributed by atoms with Crippen molar-refractivity contribution in [3.8, 4) is 5.75 Å². The molecule has 8 heteroatoms. The topological polar surface area (TPSA) is 46.6 Å². The van der Waals surface area contributed by atoms with Crippen LogP contribution in [0.4, 0.5) is 18.9 Å². The van der Waals surface area contributed by atoms with E-state index in [2.05, 4.69) is 0 Å². The van der Waals surface area contributed by atoms with Gasteiger partial charge in [-0.15, -0.1) is 0 Å². The van der Waals surface area contributed by atoms with Gasteiger partial charge in [0.05, 0.1) is 29.8 Å². The van der Waals surface area contributed by atoms with Gasteiger partial charge in [-0.2, -0.15) is 13.2 Å². The number of methoxy groups -OCH3 is 1. The molecule has 0 radical (unpaired) electrons. The van der Waals surface area contributed by atoms with Gasteiger partial charge in [0.25, 0.3) is 10.0 Å². The fraction of sp³-hybridized carbons (Fsp3) is 0.143. The lowest BCUT2D eigenvalue weighted by atomic mass is 10.1. The molecule has 3 aromatic rings. The van der Waals surface area contributed by atoms with Crippen LogP contribution in [0.1, 0.15) is 11.1 Å². The van der Waals surface area contributed by atoms with E-state index in [9.17, 15) is 21.6 Å². The number of hydrogen-bond acceptors (Lipinski definition) is 3. The number of anilines is 1. The van der Waals surface area contributed by atoms with E-state index in [4.69, 9.17) is 4.74 Å². The van der Waals surface area contributed by atoms with E-state index < -0.39 is 21.8 Å². The molecule has 29 heavy (non-hydrogen) atoms. The lowest BCUT2D eigenvalue weighted by Gasteiger charge is -2.25. The molecule has 0 N–H and O–H groups in total. The minimum Gasteiger partial charge on any atom is -0.497 e. The van der Waals surface area contributed by atoms with E-state index in [1.807, 2.05) is 0 Å². The van der Waals surface area contributed by atoms with Crippen LogP contribution in [0, 0.1) is 0 Å². The smallest absolute Gasteiger partial charge is 0.416 e. The van der Waals surface area contributed by atoms with Crippen molar-refractivity contribution in [3.63, 3.8) is 0 Å². The molecule has 0 unspecified atom stereocenters.